The van der Waals surface area contributed by atoms with Crippen LogP contribution in [0.5, 0.6) is 0 Å². The summed E-state index contributed by atoms with van der Waals surface area (Å²) in [6.45, 7) is 7.64. The Hall–Kier alpha value is -2.58. The zero-order valence-electron chi connectivity index (χ0n) is 20.8. The summed E-state index contributed by atoms with van der Waals surface area (Å²) in [5.41, 5.74) is 10.5. The molecule has 0 spiro atoms. The topological polar surface area (TPSA) is 86.6 Å². The summed E-state index contributed by atoms with van der Waals surface area (Å²) in [7, 11) is 0. The maximum absolute atomic E-state index is 11.2. The molecule has 0 radical (unpaired) electrons. The summed E-state index contributed by atoms with van der Waals surface area (Å²) in [6.07, 6.45) is 20.7. The van der Waals surface area contributed by atoms with Crippen molar-refractivity contribution in [1.29, 1.82) is 0 Å². The third-order valence-electron chi connectivity index (χ3n) is 7.18. The minimum Gasteiger partial charge on any atom is -0.345 e. The van der Waals surface area contributed by atoms with Gasteiger partial charge in [-0.2, -0.15) is 5.10 Å². The first-order valence-electron chi connectivity index (χ1n) is 12.4. The fourth-order valence-corrected chi connectivity index (χ4v) is 5.58. The normalized spacial score (nSPS) is 28.7. The number of carbonyl (C=O) groups is 1. The van der Waals surface area contributed by atoms with Crippen LogP contribution in [0.4, 0.5) is 0 Å². The van der Waals surface area contributed by atoms with Crippen LogP contribution in [0.2, 0.25) is 0 Å². The molecule has 0 bridgehead atoms. The first kappa shape index (κ1) is 25.5. The van der Waals surface area contributed by atoms with E-state index >= 15 is 0 Å². The molecule has 3 heterocycles. The molecule has 4 rings (SSSR count). The molecule has 1 amide bonds. The van der Waals surface area contributed by atoms with E-state index in [1.807, 2.05) is 42.3 Å². The summed E-state index contributed by atoms with van der Waals surface area (Å²) in [4.78, 5) is 22.9. The molecule has 7 nitrogen and oxygen atoms in total. The molecule has 0 aromatic heterocycles. The first-order valence-corrected chi connectivity index (χ1v) is 13.3. The second-order valence-corrected chi connectivity index (χ2v) is 10.5. The average molecular weight is 540 g/mol. The van der Waals surface area contributed by atoms with Crippen molar-refractivity contribution in [1.82, 2.24) is 9.91 Å². The lowest BCUT2D eigenvalue weighted by molar-refractivity contribution is -0.119. The number of nitrogens with zero attached hydrogens (tertiary/aromatic N) is 5. The maximum Gasteiger partial charge on any atom is 0.209 e. The van der Waals surface area contributed by atoms with Crippen LogP contribution in [0.3, 0.4) is 0 Å². The molecule has 1 aliphatic carbocycles. The molecule has 3 unspecified atom stereocenters. The van der Waals surface area contributed by atoms with Gasteiger partial charge in [-0.25, -0.2) is 10.0 Å². The predicted octanol–water partition coefficient (Wildman–Crippen LogP) is 4.50. The fraction of sp³-hybridized carbons (Fsp3) is 0.481. The number of aliphatic imine (C=N–C) groups is 2. The SMILES string of the molecule is C/C=C(\C=NC(C)C1=CC=CC=CC1)C1=C2N=C(C3CCN(C=O)CC3)C(Br)C(C)(N)N2N=CC1. The summed E-state index contributed by atoms with van der Waals surface area (Å²) >= 11 is 3.84. The highest BCUT2D eigenvalue weighted by atomic mass is 79.9. The zero-order chi connectivity index (χ0) is 25.0. The van der Waals surface area contributed by atoms with Crippen molar-refractivity contribution in [2.24, 2.45) is 26.7 Å². The second kappa shape index (κ2) is 11.0. The van der Waals surface area contributed by atoms with E-state index in [1.54, 1.807) is 0 Å². The highest BCUT2D eigenvalue weighted by Crippen LogP contribution is 2.40. The molecule has 186 valence electrons. The van der Waals surface area contributed by atoms with Crippen molar-refractivity contribution in [3.05, 3.63) is 59.0 Å². The van der Waals surface area contributed by atoms with Crippen molar-refractivity contribution in [2.75, 3.05) is 13.1 Å². The van der Waals surface area contributed by atoms with Crippen molar-refractivity contribution < 1.29 is 4.79 Å². The number of piperidine rings is 1. The minimum absolute atomic E-state index is 0.0800. The Morgan fingerprint density at radius 3 is 2.77 bits per heavy atom. The number of alkyl halides is 1. The molecule has 0 saturated carbocycles. The van der Waals surface area contributed by atoms with Crippen molar-refractivity contribution in [3.8, 4) is 0 Å². The van der Waals surface area contributed by atoms with Gasteiger partial charge in [-0.1, -0.05) is 52.4 Å². The van der Waals surface area contributed by atoms with Gasteiger partial charge >= 0.3 is 0 Å². The van der Waals surface area contributed by atoms with Gasteiger partial charge in [0, 0.05) is 49.1 Å². The predicted molar refractivity (Wildman–Crippen MR) is 148 cm³/mol. The Morgan fingerprint density at radius 2 is 2.06 bits per heavy atom. The van der Waals surface area contributed by atoms with Gasteiger partial charge in [0.15, 0.2) is 5.82 Å². The first-order chi connectivity index (χ1) is 16.9. The molecule has 35 heavy (non-hydrogen) atoms. The summed E-state index contributed by atoms with van der Waals surface area (Å²) < 4.78 is 0. The van der Waals surface area contributed by atoms with E-state index in [0.717, 1.165) is 61.4 Å². The molecule has 3 aliphatic heterocycles. The van der Waals surface area contributed by atoms with E-state index in [1.165, 1.54) is 5.57 Å². The molecule has 0 aromatic rings. The largest absolute Gasteiger partial charge is 0.345 e. The maximum atomic E-state index is 11.2. The molecule has 3 atom stereocenters. The number of halogens is 1. The number of hydrazone groups is 1. The lowest BCUT2D eigenvalue weighted by atomic mass is 9.85. The Balaban J connectivity index is 1.66. The van der Waals surface area contributed by atoms with Crippen molar-refractivity contribution in [2.45, 2.75) is 63.0 Å². The van der Waals surface area contributed by atoms with E-state index in [9.17, 15) is 4.79 Å². The van der Waals surface area contributed by atoms with E-state index in [4.69, 9.17) is 15.7 Å². The van der Waals surface area contributed by atoms with Crippen molar-refractivity contribution in [3.63, 3.8) is 0 Å². The van der Waals surface area contributed by atoms with Crippen LogP contribution in [0, 0.1) is 5.92 Å². The lowest BCUT2D eigenvalue weighted by Crippen LogP contribution is -2.63. The highest BCUT2D eigenvalue weighted by Gasteiger charge is 2.47. The molecule has 1 fully saturated rings. The molecule has 0 aromatic carbocycles. The molecule has 2 N–H and O–H groups in total. The van der Waals surface area contributed by atoms with Gasteiger partial charge in [0.25, 0.3) is 0 Å². The van der Waals surface area contributed by atoms with Gasteiger partial charge in [0.1, 0.15) is 5.66 Å². The number of likely N-dealkylation sites (tertiary alicyclic amines) is 1. The van der Waals surface area contributed by atoms with Gasteiger partial charge in [0.2, 0.25) is 6.41 Å². The fourth-order valence-electron chi connectivity index (χ4n) is 4.90. The van der Waals surface area contributed by atoms with Crippen LogP contribution in [0.15, 0.2) is 74.1 Å². The van der Waals surface area contributed by atoms with Gasteiger partial charge in [0.05, 0.1) is 10.9 Å². The number of rotatable bonds is 6. The Kier molecular flexibility index (Phi) is 8.02. The van der Waals surface area contributed by atoms with E-state index in [2.05, 4.69) is 58.3 Å². The monoisotopic (exact) mass is 538 g/mol. The molecular weight excluding hydrogens is 504 g/mol. The number of allylic oxidation sites excluding steroid dienone is 8. The lowest BCUT2D eigenvalue weighted by Gasteiger charge is -2.47. The summed E-state index contributed by atoms with van der Waals surface area (Å²) in [5.74, 6) is 1.07. The van der Waals surface area contributed by atoms with Crippen LogP contribution in [0.1, 0.15) is 46.5 Å². The van der Waals surface area contributed by atoms with Crippen molar-refractivity contribution >= 4 is 40.5 Å². The standard InChI is InChI=1S/C27H35BrN6O/c1-4-20(17-30-19(2)21-9-7-5-6-8-10-21)23-11-14-31-34-26(23)32-24(25(28)27(34,3)29)22-12-15-33(18-35)16-13-22/h4-9,14,17-19,22,25H,10-13,15-16,29H2,1-3H3/b20-4+,30-17?. The zero-order valence-corrected chi connectivity index (χ0v) is 22.4. The smallest absolute Gasteiger partial charge is 0.209 e. The van der Waals surface area contributed by atoms with E-state index in [-0.39, 0.29) is 16.8 Å². The molecule has 4 aliphatic rings. The van der Waals surface area contributed by atoms with Gasteiger partial charge in [-0.3, -0.25) is 9.79 Å². The quantitative estimate of drug-likeness (QED) is 0.307. The van der Waals surface area contributed by atoms with Gasteiger partial charge < -0.3 is 10.6 Å². The number of nitrogens with two attached hydrogens (primary N) is 1. The van der Waals surface area contributed by atoms with Crippen LogP contribution in [0.25, 0.3) is 0 Å². The van der Waals surface area contributed by atoms with Crippen LogP contribution in [-0.4, -0.2) is 64.1 Å². The van der Waals surface area contributed by atoms with E-state index in [0.29, 0.717) is 6.42 Å². The van der Waals surface area contributed by atoms with Crippen LogP contribution >= 0.6 is 15.9 Å². The molecule has 8 heteroatoms. The number of fused-ring (bicyclic) bond motifs is 1. The Labute approximate surface area is 216 Å². The van der Waals surface area contributed by atoms with Gasteiger partial charge in [-0.15, -0.1) is 0 Å². The number of carbonyl (C=O) groups excluding carboxylic acids is 1. The Bertz CT molecular complexity index is 1070. The van der Waals surface area contributed by atoms with E-state index < -0.39 is 5.66 Å². The minimum atomic E-state index is -0.774. The summed E-state index contributed by atoms with van der Waals surface area (Å²) in [5, 5.41) is 6.49. The molecule has 1 saturated heterocycles. The number of amides is 1. The van der Waals surface area contributed by atoms with Gasteiger partial charge in [-0.05, 0) is 51.2 Å². The highest BCUT2D eigenvalue weighted by molar-refractivity contribution is 9.10. The third-order valence-corrected chi connectivity index (χ3v) is 8.58. The van der Waals surface area contributed by atoms with Crippen LogP contribution in [-0.2, 0) is 4.79 Å². The summed E-state index contributed by atoms with van der Waals surface area (Å²) in [6, 6.07) is 0.0800. The second-order valence-electron chi connectivity index (χ2n) is 9.61. The van der Waals surface area contributed by atoms with Crippen LogP contribution < -0.4 is 5.73 Å². The Morgan fingerprint density at radius 1 is 1.29 bits per heavy atom. The number of hydrogen-bond donors (Lipinski definition) is 1. The number of hydrogen-bond acceptors (Lipinski definition) is 6. The third kappa shape index (κ3) is 5.33. The average Bonchev–Trinajstić information content (AvgIpc) is 3.17. The molecular formula is C27H35BrN6O.